The molecule has 0 fully saturated rings. The lowest BCUT2D eigenvalue weighted by Crippen LogP contribution is -2.13. The van der Waals surface area contributed by atoms with E-state index in [0.717, 1.165) is 17.1 Å². The Balaban J connectivity index is 1.64. The van der Waals surface area contributed by atoms with Crippen LogP contribution in [0.4, 0.5) is 5.69 Å². The normalized spacial score (nSPS) is 11.0. The number of hydrogen-bond acceptors (Lipinski definition) is 6. The third-order valence-corrected chi connectivity index (χ3v) is 4.28. The van der Waals surface area contributed by atoms with Crippen molar-refractivity contribution in [3.05, 3.63) is 47.0 Å². The molecule has 0 radical (unpaired) electrons. The second kappa shape index (κ2) is 7.56. The van der Waals surface area contributed by atoms with Crippen LogP contribution in [0.5, 0.6) is 5.75 Å². The smallest absolute Gasteiger partial charge is 0.255 e. The molecule has 0 aliphatic rings. The monoisotopic (exact) mass is 369 g/mol. The molecule has 9 heteroatoms. The summed E-state index contributed by atoms with van der Waals surface area (Å²) in [6.45, 7) is 8.03. The Morgan fingerprint density at radius 2 is 1.93 bits per heavy atom. The van der Waals surface area contributed by atoms with Crippen LogP contribution in [-0.2, 0) is 13.7 Å². The number of aromatic nitrogens is 6. The zero-order valence-corrected chi connectivity index (χ0v) is 16.1. The fraction of sp³-hybridized carbons (Fsp3) is 0.389. The lowest BCUT2D eigenvalue weighted by molar-refractivity contribution is 0.102. The highest BCUT2D eigenvalue weighted by molar-refractivity contribution is 6.04. The van der Waals surface area contributed by atoms with E-state index in [0.29, 0.717) is 17.1 Å². The molecule has 1 aromatic carbocycles. The predicted molar refractivity (Wildman–Crippen MR) is 99.6 cm³/mol. The number of rotatable bonds is 6. The molecule has 0 aliphatic carbocycles. The minimum atomic E-state index is -0.190. The van der Waals surface area contributed by atoms with E-state index in [1.54, 1.807) is 33.6 Å². The maximum atomic E-state index is 12.5. The van der Waals surface area contributed by atoms with Crippen molar-refractivity contribution in [1.29, 1.82) is 0 Å². The van der Waals surface area contributed by atoms with Gasteiger partial charge in [0.15, 0.2) is 5.82 Å². The number of amides is 1. The standard InChI is InChI=1S/C18H23N7O2/c1-11(2)25-16(20-22-23-25)10-27-15-8-6-14(7-9-15)18(26)19-17-12(3)21-24(5)13(17)4/h6-9,11H,10H2,1-5H3,(H,19,26). The van der Waals surface area contributed by atoms with E-state index < -0.39 is 0 Å². The molecule has 0 saturated heterocycles. The van der Waals surface area contributed by atoms with Crippen molar-refractivity contribution >= 4 is 11.6 Å². The minimum absolute atomic E-state index is 0.157. The van der Waals surface area contributed by atoms with Crippen molar-refractivity contribution in [2.45, 2.75) is 40.3 Å². The van der Waals surface area contributed by atoms with Gasteiger partial charge in [-0.3, -0.25) is 9.48 Å². The summed E-state index contributed by atoms with van der Waals surface area (Å²) in [4.78, 5) is 12.5. The molecule has 2 aromatic heterocycles. The highest BCUT2D eigenvalue weighted by Crippen LogP contribution is 2.20. The Bertz CT molecular complexity index is 941. The van der Waals surface area contributed by atoms with Crippen LogP contribution in [0.2, 0.25) is 0 Å². The van der Waals surface area contributed by atoms with Crippen LogP contribution in [0.25, 0.3) is 0 Å². The first-order valence-corrected chi connectivity index (χ1v) is 8.68. The van der Waals surface area contributed by atoms with Gasteiger partial charge in [0.2, 0.25) is 0 Å². The number of carbonyl (C=O) groups is 1. The molecule has 0 saturated carbocycles. The van der Waals surface area contributed by atoms with Gasteiger partial charge in [-0.15, -0.1) is 5.10 Å². The molecule has 142 valence electrons. The number of carbonyl (C=O) groups excluding carboxylic acids is 1. The Hall–Kier alpha value is -3.23. The van der Waals surface area contributed by atoms with Crippen molar-refractivity contribution in [1.82, 2.24) is 30.0 Å². The number of tetrazole rings is 1. The molecule has 2 heterocycles. The zero-order chi connectivity index (χ0) is 19.6. The van der Waals surface area contributed by atoms with Gasteiger partial charge in [0, 0.05) is 12.6 Å². The predicted octanol–water partition coefficient (Wildman–Crippen LogP) is 2.44. The Morgan fingerprint density at radius 1 is 1.22 bits per heavy atom. The van der Waals surface area contributed by atoms with Crippen LogP contribution in [0.1, 0.15) is 47.5 Å². The second-order valence-corrected chi connectivity index (χ2v) is 6.57. The number of aryl methyl sites for hydroxylation is 2. The topological polar surface area (TPSA) is 99.8 Å². The first kappa shape index (κ1) is 18.6. The summed E-state index contributed by atoms with van der Waals surface area (Å²) in [5.74, 6) is 1.09. The number of ether oxygens (including phenoxy) is 1. The fourth-order valence-electron chi connectivity index (χ4n) is 2.70. The Labute approximate surface area is 157 Å². The van der Waals surface area contributed by atoms with Gasteiger partial charge in [-0.25, -0.2) is 4.68 Å². The number of nitrogens with one attached hydrogen (secondary N) is 1. The van der Waals surface area contributed by atoms with Gasteiger partial charge >= 0.3 is 0 Å². The van der Waals surface area contributed by atoms with Crippen molar-refractivity contribution < 1.29 is 9.53 Å². The van der Waals surface area contributed by atoms with Crippen molar-refractivity contribution in [3.63, 3.8) is 0 Å². The molecule has 3 rings (SSSR count). The van der Waals surface area contributed by atoms with Crippen LogP contribution in [-0.4, -0.2) is 35.9 Å². The van der Waals surface area contributed by atoms with Crippen LogP contribution in [0.15, 0.2) is 24.3 Å². The lowest BCUT2D eigenvalue weighted by atomic mass is 10.2. The largest absolute Gasteiger partial charge is 0.486 e. The van der Waals surface area contributed by atoms with E-state index in [1.807, 2.05) is 34.7 Å². The van der Waals surface area contributed by atoms with Crippen LogP contribution < -0.4 is 10.1 Å². The summed E-state index contributed by atoms with van der Waals surface area (Å²) in [7, 11) is 1.85. The molecular formula is C18H23N7O2. The van der Waals surface area contributed by atoms with E-state index in [2.05, 4.69) is 25.9 Å². The summed E-state index contributed by atoms with van der Waals surface area (Å²) in [6, 6.07) is 7.10. The molecule has 0 bridgehead atoms. The molecule has 1 amide bonds. The maximum absolute atomic E-state index is 12.5. The van der Waals surface area contributed by atoms with Crippen molar-refractivity contribution in [3.8, 4) is 5.75 Å². The highest BCUT2D eigenvalue weighted by Gasteiger charge is 2.14. The van der Waals surface area contributed by atoms with Crippen molar-refractivity contribution in [2.75, 3.05) is 5.32 Å². The van der Waals surface area contributed by atoms with Gasteiger partial charge in [-0.1, -0.05) is 0 Å². The Kier molecular flexibility index (Phi) is 5.20. The molecule has 27 heavy (non-hydrogen) atoms. The molecular weight excluding hydrogens is 346 g/mol. The third kappa shape index (κ3) is 3.97. The van der Waals surface area contributed by atoms with E-state index in [9.17, 15) is 4.79 Å². The molecule has 9 nitrogen and oxygen atoms in total. The van der Waals surface area contributed by atoms with E-state index in [1.165, 1.54) is 0 Å². The molecule has 0 unspecified atom stereocenters. The number of hydrogen-bond donors (Lipinski definition) is 1. The van der Waals surface area contributed by atoms with Gasteiger partial charge in [-0.2, -0.15) is 5.10 Å². The average molecular weight is 369 g/mol. The quantitative estimate of drug-likeness (QED) is 0.716. The molecule has 3 aromatic rings. The summed E-state index contributed by atoms with van der Waals surface area (Å²) >= 11 is 0. The van der Waals surface area contributed by atoms with E-state index in [-0.39, 0.29) is 18.6 Å². The van der Waals surface area contributed by atoms with Crippen LogP contribution in [0, 0.1) is 13.8 Å². The molecule has 0 spiro atoms. The molecule has 1 N–H and O–H groups in total. The van der Waals surface area contributed by atoms with Crippen LogP contribution in [0.3, 0.4) is 0 Å². The SMILES string of the molecule is Cc1nn(C)c(C)c1NC(=O)c1ccc(OCc2nnnn2C(C)C)cc1. The lowest BCUT2D eigenvalue weighted by Gasteiger charge is -2.10. The number of nitrogens with zero attached hydrogens (tertiary/aromatic N) is 6. The summed E-state index contributed by atoms with van der Waals surface area (Å²) < 4.78 is 9.18. The highest BCUT2D eigenvalue weighted by atomic mass is 16.5. The summed E-state index contributed by atoms with van der Waals surface area (Å²) in [5.41, 5.74) is 2.97. The van der Waals surface area contributed by atoms with Gasteiger partial charge in [0.25, 0.3) is 5.91 Å². The zero-order valence-electron chi connectivity index (χ0n) is 16.1. The van der Waals surface area contributed by atoms with Gasteiger partial charge < -0.3 is 10.1 Å². The molecule has 0 atom stereocenters. The van der Waals surface area contributed by atoms with Gasteiger partial charge in [0.1, 0.15) is 12.4 Å². The van der Waals surface area contributed by atoms with Gasteiger partial charge in [-0.05, 0) is 62.4 Å². The fourth-order valence-corrected chi connectivity index (χ4v) is 2.70. The average Bonchev–Trinajstić information content (AvgIpc) is 3.21. The first-order chi connectivity index (χ1) is 12.9. The minimum Gasteiger partial charge on any atom is -0.486 e. The second-order valence-electron chi connectivity index (χ2n) is 6.57. The summed E-state index contributed by atoms with van der Waals surface area (Å²) in [6.07, 6.45) is 0. The first-order valence-electron chi connectivity index (χ1n) is 8.68. The Morgan fingerprint density at radius 3 is 2.52 bits per heavy atom. The third-order valence-electron chi connectivity index (χ3n) is 4.28. The van der Waals surface area contributed by atoms with Crippen molar-refractivity contribution in [2.24, 2.45) is 7.05 Å². The van der Waals surface area contributed by atoms with E-state index in [4.69, 9.17) is 4.74 Å². The maximum Gasteiger partial charge on any atom is 0.255 e. The van der Waals surface area contributed by atoms with Crippen LogP contribution >= 0.6 is 0 Å². The number of benzene rings is 1. The summed E-state index contributed by atoms with van der Waals surface area (Å²) in [5, 5.41) is 18.8. The van der Waals surface area contributed by atoms with E-state index >= 15 is 0 Å². The number of anilines is 1. The van der Waals surface area contributed by atoms with Gasteiger partial charge in [0.05, 0.1) is 23.1 Å². The molecule has 0 aliphatic heterocycles.